The lowest BCUT2D eigenvalue weighted by molar-refractivity contribution is 0.294. The first-order valence-electron chi connectivity index (χ1n) is 5.88. The third-order valence-electron chi connectivity index (χ3n) is 2.47. The minimum Gasteiger partial charge on any atom is -0.494 e. The monoisotopic (exact) mass is 246 g/mol. The van der Waals surface area contributed by atoms with Crippen LogP contribution in [0.25, 0.3) is 0 Å². The van der Waals surface area contributed by atoms with Crippen LogP contribution in [-0.2, 0) is 6.61 Å². The molecule has 0 saturated carbocycles. The highest BCUT2D eigenvalue weighted by atomic mass is 19.1. The quantitative estimate of drug-likeness (QED) is 0.798. The third kappa shape index (κ3) is 3.23. The Bertz CT molecular complexity index is 511. The average Bonchev–Trinajstić information content (AvgIpc) is 2.39. The van der Waals surface area contributed by atoms with Gasteiger partial charge < -0.3 is 9.47 Å². The summed E-state index contributed by atoms with van der Waals surface area (Å²) in [6.45, 7) is 2.74. The van der Waals surface area contributed by atoms with E-state index in [0.29, 0.717) is 17.9 Å². The fourth-order valence-electron chi connectivity index (χ4n) is 1.60. The Balaban J connectivity index is 2.02. The van der Waals surface area contributed by atoms with E-state index in [4.69, 9.17) is 9.47 Å². The van der Waals surface area contributed by atoms with Crippen molar-refractivity contribution in [1.29, 1.82) is 0 Å². The van der Waals surface area contributed by atoms with Crippen molar-refractivity contribution in [3.63, 3.8) is 0 Å². The zero-order chi connectivity index (χ0) is 12.8. The molecule has 3 heteroatoms. The van der Waals surface area contributed by atoms with Crippen LogP contribution in [0.2, 0.25) is 0 Å². The van der Waals surface area contributed by atoms with Crippen LogP contribution in [0.3, 0.4) is 0 Å². The van der Waals surface area contributed by atoms with Gasteiger partial charge in [0.25, 0.3) is 0 Å². The molecule has 0 aromatic heterocycles. The van der Waals surface area contributed by atoms with Crippen LogP contribution in [0.4, 0.5) is 4.39 Å². The maximum atomic E-state index is 13.4. The first-order valence-corrected chi connectivity index (χ1v) is 5.88. The van der Waals surface area contributed by atoms with Crippen LogP contribution in [0.15, 0.2) is 48.5 Å². The lowest BCUT2D eigenvalue weighted by Crippen LogP contribution is -1.98. The van der Waals surface area contributed by atoms with Gasteiger partial charge in [-0.1, -0.05) is 24.3 Å². The zero-order valence-corrected chi connectivity index (χ0v) is 10.2. The Labute approximate surface area is 106 Å². The van der Waals surface area contributed by atoms with E-state index in [2.05, 4.69) is 0 Å². The van der Waals surface area contributed by atoms with Crippen molar-refractivity contribution < 1.29 is 13.9 Å². The molecular formula is C15H15FO2. The Morgan fingerprint density at radius 2 is 1.67 bits per heavy atom. The summed E-state index contributed by atoms with van der Waals surface area (Å²) >= 11 is 0. The molecule has 0 saturated heterocycles. The van der Waals surface area contributed by atoms with Gasteiger partial charge in [0.2, 0.25) is 0 Å². The molecule has 0 unspecified atom stereocenters. The second kappa shape index (κ2) is 6.05. The summed E-state index contributed by atoms with van der Waals surface area (Å²) in [5.74, 6) is 1.17. The third-order valence-corrected chi connectivity index (χ3v) is 2.47. The molecule has 94 valence electrons. The van der Waals surface area contributed by atoms with Gasteiger partial charge in [-0.3, -0.25) is 0 Å². The van der Waals surface area contributed by atoms with Gasteiger partial charge in [0.1, 0.15) is 23.9 Å². The molecule has 0 heterocycles. The largest absolute Gasteiger partial charge is 0.494 e. The van der Waals surface area contributed by atoms with Gasteiger partial charge in [-0.05, 0) is 25.1 Å². The van der Waals surface area contributed by atoms with Crippen LogP contribution < -0.4 is 9.47 Å². The molecule has 0 spiro atoms. The molecule has 0 aliphatic carbocycles. The summed E-state index contributed by atoms with van der Waals surface area (Å²) in [6.07, 6.45) is 0. The van der Waals surface area contributed by atoms with Crippen molar-refractivity contribution in [3.8, 4) is 11.5 Å². The van der Waals surface area contributed by atoms with Crippen LogP contribution in [0, 0.1) is 5.82 Å². The van der Waals surface area contributed by atoms with Crippen molar-refractivity contribution in [1.82, 2.24) is 0 Å². The molecule has 2 nitrogen and oxygen atoms in total. The smallest absolute Gasteiger partial charge is 0.129 e. The fraction of sp³-hybridized carbons (Fsp3) is 0.200. The lowest BCUT2D eigenvalue weighted by atomic mass is 10.2. The summed E-state index contributed by atoms with van der Waals surface area (Å²) < 4.78 is 24.3. The highest BCUT2D eigenvalue weighted by Gasteiger charge is 2.02. The summed E-state index contributed by atoms with van der Waals surface area (Å²) in [5.41, 5.74) is 0.541. The molecule has 0 aliphatic rings. The number of benzene rings is 2. The van der Waals surface area contributed by atoms with Crippen molar-refractivity contribution >= 4 is 0 Å². The normalized spacial score (nSPS) is 10.1. The molecule has 2 rings (SSSR count). The molecule has 2 aromatic carbocycles. The first-order chi connectivity index (χ1) is 8.79. The van der Waals surface area contributed by atoms with Crippen molar-refractivity contribution in [3.05, 3.63) is 59.9 Å². The van der Waals surface area contributed by atoms with Gasteiger partial charge in [-0.25, -0.2) is 4.39 Å². The summed E-state index contributed by atoms with van der Waals surface area (Å²) in [5, 5.41) is 0. The number of halogens is 1. The summed E-state index contributed by atoms with van der Waals surface area (Å²) in [6, 6.07) is 13.9. The molecule has 2 aromatic rings. The van der Waals surface area contributed by atoms with E-state index in [1.165, 1.54) is 6.07 Å². The average molecular weight is 246 g/mol. The Morgan fingerprint density at radius 3 is 2.39 bits per heavy atom. The van der Waals surface area contributed by atoms with Crippen LogP contribution >= 0.6 is 0 Å². The Kier molecular flexibility index (Phi) is 4.18. The second-order valence-corrected chi connectivity index (χ2v) is 3.79. The highest BCUT2D eigenvalue weighted by molar-refractivity contribution is 5.33. The lowest BCUT2D eigenvalue weighted by Gasteiger charge is -2.09. The van der Waals surface area contributed by atoms with Gasteiger partial charge in [-0.2, -0.15) is 0 Å². The van der Waals surface area contributed by atoms with Crippen LogP contribution in [0.5, 0.6) is 11.5 Å². The van der Waals surface area contributed by atoms with Gasteiger partial charge in [0.15, 0.2) is 0 Å². The first kappa shape index (κ1) is 12.4. The maximum absolute atomic E-state index is 13.4. The van der Waals surface area contributed by atoms with E-state index in [9.17, 15) is 4.39 Å². The highest BCUT2D eigenvalue weighted by Crippen LogP contribution is 2.20. The van der Waals surface area contributed by atoms with E-state index < -0.39 is 0 Å². The topological polar surface area (TPSA) is 18.5 Å². The van der Waals surface area contributed by atoms with E-state index in [1.807, 2.05) is 25.1 Å². The molecular weight excluding hydrogens is 231 g/mol. The molecule has 0 aliphatic heterocycles. The molecule has 0 N–H and O–H groups in total. The molecule has 0 amide bonds. The Morgan fingerprint density at radius 1 is 0.944 bits per heavy atom. The van der Waals surface area contributed by atoms with Gasteiger partial charge in [0.05, 0.1) is 6.61 Å². The van der Waals surface area contributed by atoms with Crippen molar-refractivity contribution in [2.24, 2.45) is 0 Å². The summed E-state index contributed by atoms with van der Waals surface area (Å²) in [7, 11) is 0. The van der Waals surface area contributed by atoms with E-state index in [1.54, 1.807) is 24.3 Å². The second-order valence-electron chi connectivity index (χ2n) is 3.79. The van der Waals surface area contributed by atoms with Crippen LogP contribution in [-0.4, -0.2) is 6.61 Å². The Hall–Kier alpha value is -2.03. The molecule has 0 atom stereocenters. The molecule has 0 radical (unpaired) electrons. The fourth-order valence-corrected chi connectivity index (χ4v) is 1.60. The standard InChI is InChI=1S/C15H15FO2/c1-2-17-13-7-5-8-14(10-13)18-11-12-6-3-4-9-15(12)16/h3-10H,2,11H2,1H3. The van der Waals surface area contributed by atoms with Gasteiger partial charge in [0, 0.05) is 11.6 Å². The van der Waals surface area contributed by atoms with E-state index >= 15 is 0 Å². The van der Waals surface area contributed by atoms with Gasteiger partial charge in [-0.15, -0.1) is 0 Å². The number of hydrogen-bond donors (Lipinski definition) is 0. The summed E-state index contributed by atoms with van der Waals surface area (Å²) in [4.78, 5) is 0. The molecule has 0 fully saturated rings. The van der Waals surface area contributed by atoms with E-state index in [-0.39, 0.29) is 12.4 Å². The number of ether oxygens (including phenoxy) is 2. The zero-order valence-electron chi connectivity index (χ0n) is 10.2. The molecule has 0 bridgehead atoms. The molecule has 18 heavy (non-hydrogen) atoms. The van der Waals surface area contributed by atoms with Crippen molar-refractivity contribution in [2.45, 2.75) is 13.5 Å². The van der Waals surface area contributed by atoms with Crippen molar-refractivity contribution in [2.75, 3.05) is 6.61 Å². The minimum atomic E-state index is -0.251. The minimum absolute atomic E-state index is 0.211. The van der Waals surface area contributed by atoms with Crippen LogP contribution in [0.1, 0.15) is 12.5 Å². The SMILES string of the molecule is CCOc1cccc(OCc2ccccc2F)c1. The van der Waals surface area contributed by atoms with E-state index in [0.717, 1.165) is 5.75 Å². The van der Waals surface area contributed by atoms with Gasteiger partial charge >= 0.3 is 0 Å². The predicted octanol–water partition coefficient (Wildman–Crippen LogP) is 3.80. The maximum Gasteiger partial charge on any atom is 0.129 e. The number of rotatable bonds is 5. The number of hydrogen-bond acceptors (Lipinski definition) is 2. The predicted molar refractivity (Wildman–Crippen MR) is 68.3 cm³/mol.